The lowest BCUT2D eigenvalue weighted by atomic mass is 9.97. The summed E-state index contributed by atoms with van der Waals surface area (Å²) >= 11 is 0. The third kappa shape index (κ3) is 7.49. The highest BCUT2D eigenvalue weighted by atomic mass is 14.9. The highest BCUT2D eigenvalue weighted by Crippen LogP contribution is 2.34. The molecule has 0 aromatic rings. The highest BCUT2D eigenvalue weighted by Gasteiger charge is 2.24. The summed E-state index contributed by atoms with van der Waals surface area (Å²) < 4.78 is 0. The molecule has 22 heavy (non-hydrogen) atoms. The van der Waals surface area contributed by atoms with Crippen LogP contribution >= 0.6 is 0 Å². The summed E-state index contributed by atoms with van der Waals surface area (Å²) in [7, 11) is 0. The number of rotatable bonds is 11. The van der Waals surface area contributed by atoms with Crippen LogP contribution in [0.1, 0.15) is 59.3 Å². The Hall–Kier alpha value is -1.50. The molecule has 0 saturated heterocycles. The Bertz CT molecular complexity index is 441. The monoisotopic (exact) mass is 299 g/mol. The molecule has 122 valence electrons. The van der Waals surface area contributed by atoms with Crippen LogP contribution in [0.2, 0.25) is 0 Å². The zero-order valence-electron chi connectivity index (χ0n) is 14.7. The van der Waals surface area contributed by atoms with Gasteiger partial charge >= 0.3 is 0 Å². The summed E-state index contributed by atoms with van der Waals surface area (Å²) in [5.74, 6) is 1.38. The van der Waals surface area contributed by atoms with Crippen molar-refractivity contribution in [1.82, 2.24) is 5.32 Å². The standard InChI is InChI=1S/C21H33N/c1-6-9-20(10-7-2)14-13-19(8-3)12-11-17(4)22-18(5)21-15-16-21/h8,11-14,20-22H,3,5-7,9-10,15-16H2,1-2,4H3/b14-13?,17-11+,19-12?. The smallest absolute Gasteiger partial charge is 0.0117 e. The van der Waals surface area contributed by atoms with Gasteiger partial charge in [0.25, 0.3) is 0 Å². The molecular weight excluding hydrogens is 266 g/mol. The van der Waals surface area contributed by atoms with Crippen molar-refractivity contribution >= 4 is 0 Å². The lowest BCUT2D eigenvalue weighted by Gasteiger charge is -2.09. The van der Waals surface area contributed by atoms with E-state index < -0.39 is 0 Å². The summed E-state index contributed by atoms with van der Waals surface area (Å²) in [4.78, 5) is 0. The minimum atomic E-state index is 0.690. The minimum Gasteiger partial charge on any atom is -0.363 e. The van der Waals surface area contributed by atoms with Crippen molar-refractivity contribution in [1.29, 1.82) is 0 Å². The van der Waals surface area contributed by atoms with Crippen LogP contribution in [-0.2, 0) is 0 Å². The maximum atomic E-state index is 4.10. The summed E-state index contributed by atoms with van der Waals surface area (Å²) in [5.41, 5.74) is 3.46. The van der Waals surface area contributed by atoms with Crippen molar-refractivity contribution in [2.24, 2.45) is 11.8 Å². The van der Waals surface area contributed by atoms with Gasteiger partial charge in [0.1, 0.15) is 0 Å². The molecule has 0 amide bonds. The first-order valence-electron chi connectivity index (χ1n) is 8.75. The van der Waals surface area contributed by atoms with Gasteiger partial charge in [-0.1, -0.05) is 64.2 Å². The van der Waals surface area contributed by atoms with Gasteiger partial charge in [0, 0.05) is 11.4 Å². The van der Waals surface area contributed by atoms with E-state index in [0.29, 0.717) is 11.8 Å². The first kappa shape index (κ1) is 18.5. The second-order valence-corrected chi connectivity index (χ2v) is 6.34. The van der Waals surface area contributed by atoms with Crippen LogP contribution in [0.25, 0.3) is 0 Å². The molecule has 1 nitrogen and oxygen atoms in total. The Kier molecular flexibility index (Phi) is 8.65. The van der Waals surface area contributed by atoms with Crippen LogP contribution in [0, 0.1) is 11.8 Å². The van der Waals surface area contributed by atoms with E-state index in [4.69, 9.17) is 0 Å². The molecule has 0 aromatic heterocycles. The number of hydrogen-bond donors (Lipinski definition) is 1. The molecule has 0 bridgehead atoms. The number of hydrogen-bond acceptors (Lipinski definition) is 1. The molecular formula is C21H33N. The third-order valence-electron chi connectivity index (χ3n) is 4.07. The van der Waals surface area contributed by atoms with Crippen molar-refractivity contribution in [3.05, 3.63) is 60.5 Å². The second-order valence-electron chi connectivity index (χ2n) is 6.34. The molecule has 0 heterocycles. The minimum absolute atomic E-state index is 0.690. The average molecular weight is 300 g/mol. The first-order valence-corrected chi connectivity index (χ1v) is 8.75. The summed E-state index contributed by atoms with van der Waals surface area (Å²) in [6.07, 6.45) is 18.3. The fraction of sp³-hybridized carbons (Fsp3) is 0.524. The summed E-state index contributed by atoms with van der Waals surface area (Å²) in [6.45, 7) is 14.6. The zero-order chi connectivity index (χ0) is 16.4. The van der Waals surface area contributed by atoms with Crippen LogP contribution in [-0.4, -0.2) is 0 Å². The fourth-order valence-electron chi connectivity index (χ4n) is 2.57. The number of nitrogens with one attached hydrogen (secondary N) is 1. The topological polar surface area (TPSA) is 12.0 Å². The Morgan fingerprint density at radius 1 is 1.18 bits per heavy atom. The first-order chi connectivity index (χ1) is 10.6. The Balaban J connectivity index is 2.59. The van der Waals surface area contributed by atoms with Crippen molar-refractivity contribution in [2.75, 3.05) is 0 Å². The van der Waals surface area contributed by atoms with E-state index in [2.05, 4.69) is 63.5 Å². The van der Waals surface area contributed by atoms with E-state index in [0.717, 1.165) is 17.0 Å². The van der Waals surface area contributed by atoms with Crippen LogP contribution in [0.3, 0.4) is 0 Å². The quantitative estimate of drug-likeness (QED) is 0.442. The Labute approximate surface area is 137 Å². The molecule has 1 heteroatoms. The largest absolute Gasteiger partial charge is 0.363 e. The van der Waals surface area contributed by atoms with Crippen LogP contribution < -0.4 is 5.32 Å². The molecule has 1 aliphatic carbocycles. The molecule has 0 aromatic carbocycles. The van der Waals surface area contributed by atoms with Gasteiger partial charge in [-0.25, -0.2) is 0 Å². The average Bonchev–Trinajstić information content (AvgIpc) is 3.32. The van der Waals surface area contributed by atoms with E-state index in [1.807, 2.05) is 6.08 Å². The van der Waals surface area contributed by atoms with Gasteiger partial charge in [-0.15, -0.1) is 0 Å². The van der Waals surface area contributed by atoms with Crippen molar-refractivity contribution in [3.63, 3.8) is 0 Å². The van der Waals surface area contributed by atoms with Crippen LogP contribution in [0.15, 0.2) is 60.5 Å². The molecule has 0 spiro atoms. The van der Waals surface area contributed by atoms with Gasteiger partial charge in [0.15, 0.2) is 0 Å². The van der Waals surface area contributed by atoms with E-state index in [1.54, 1.807) is 0 Å². The SMILES string of the molecule is C=CC(C=CC(CCC)CCC)=C/C=C(\C)NC(=C)C1CC1. The van der Waals surface area contributed by atoms with E-state index >= 15 is 0 Å². The molecule has 1 rings (SSSR count). The molecule has 0 aliphatic heterocycles. The normalized spacial score (nSPS) is 16.4. The van der Waals surface area contributed by atoms with Gasteiger partial charge in [-0.3, -0.25) is 0 Å². The van der Waals surface area contributed by atoms with E-state index in [1.165, 1.54) is 38.5 Å². The van der Waals surface area contributed by atoms with Crippen molar-refractivity contribution in [2.45, 2.75) is 59.3 Å². The van der Waals surface area contributed by atoms with Gasteiger partial charge in [-0.05, 0) is 56.1 Å². The number of allylic oxidation sites excluding steroid dienone is 8. The van der Waals surface area contributed by atoms with Gasteiger partial charge in [-0.2, -0.15) is 0 Å². The Morgan fingerprint density at radius 2 is 1.82 bits per heavy atom. The third-order valence-corrected chi connectivity index (χ3v) is 4.07. The molecule has 0 radical (unpaired) electrons. The second kappa shape index (κ2) is 10.3. The van der Waals surface area contributed by atoms with E-state index in [9.17, 15) is 0 Å². The molecule has 0 atom stereocenters. The van der Waals surface area contributed by atoms with Crippen LogP contribution in [0.4, 0.5) is 0 Å². The maximum Gasteiger partial charge on any atom is 0.0117 e. The molecule has 1 aliphatic rings. The molecule has 1 saturated carbocycles. The molecule has 1 fully saturated rings. The van der Waals surface area contributed by atoms with Gasteiger partial charge in [0.2, 0.25) is 0 Å². The van der Waals surface area contributed by atoms with Crippen LogP contribution in [0.5, 0.6) is 0 Å². The van der Waals surface area contributed by atoms with E-state index in [-0.39, 0.29) is 0 Å². The maximum absolute atomic E-state index is 4.10. The van der Waals surface area contributed by atoms with Gasteiger partial charge < -0.3 is 5.32 Å². The zero-order valence-corrected chi connectivity index (χ0v) is 14.7. The van der Waals surface area contributed by atoms with Crippen molar-refractivity contribution < 1.29 is 0 Å². The summed E-state index contributed by atoms with van der Waals surface area (Å²) in [5, 5.41) is 3.39. The highest BCUT2D eigenvalue weighted by molar-refractivity contribution is 5.34. The summed E-state index contributed by atoms with van der Waals surface area (Å²) in [6, 6.07) is 0. The Morgan fingerprint density at radius 3 is 2.32 bits per heavy atom. The fourth-order valence-corrected chi connectivity index (χ4v) is 2.57. The lowest BCUT2D eigenvalue weighted by molar-refractivity contribution is 0.529. The predicted octanol–water partition coefficient (Wildman–Crippen LogP) is 6.29. The van der Waals surface area contributed by atoms with Crippen molar-refractivity contribution in [3.8, 4) is 0 Å². The van der Waals surface area contributed by atoms with Gasteiger partial charge in [0.05, 0.1) is 0 Å². The molecule has 0 unspecified atom stereocenters. The predicted molar refractivity (Wildman–Crippen MR) is 99.5 cm³/mol. The lowest BCUT2D eigenvalue weighted by Crippen LogP contribution is -2.10. The molecule has 1 N–H and O–H groups in total.